The summed E-state index contributed by atoms with van der Waals surface area (Å²) in [6.45, 7) is 0. The quantitative estimate of drug-likeness (QED) is 0.0666. The first-order valence-corrected chi connectivity index (χ1v) is 20.7. The number of anilines is 5. The molecule has 0 saturated heterocycles. The molecule has 0 spiro atoms. The van der Waals surface area contributed by atoms with Crippen molar-refractivity contribution in [2.24, 2.45) is 5.10 Å². The first-order chi connectivity index (χ1) is 25.5. The average Bonchev–Trinajstić information content (AvgIpc) is 3.08. The molecule has 1 heterocycles. The van der Waals surface area contributed by atoms with Crippen LogP contribution in [0.25, 0.3) is 16.8 Å². The van der Waals surface area contributed by atoms with E-state index < -0.39 is 88.0 Å². The number of halogens is 1. The van der Waals surface area contributed by atoms with Crippen LogP contribution >= 0.6 is 11.6 Å². The van der Waals surface area contributed by atoms with Crippen molar-refractivity contribution in [3.05, 3.63) is 94.1 Å². The van der Waals surface area contributed by atoms with Gasteiger partial charge in [0.25, 0.3) is 0 Å². The van der Waals surface area contributed by atoms with Crippen LogP contribution in [0.3, 0.4) is 0 Å². The van der Waals surface area contributed by atoms with Gasteiger partial charge < -0.3 is 34.6 Å². The smallest absolute Gasteiger partial charge is 0.744 e. The molecule has 1 aliphatic rings. The molecule has 6 N–H and O–H groups in total. The first-order valence-electron chi connectivity index (χ1n) is 14.7. The molecule has 0 saturated carbocycles. The van der Waals surface area contributed by atoms with Gasteiger partial charge in [0.2, 0.25) is 23.0 Å². The second-order valence-electron chi connectivity index (χ2n) is 11.3. The van der Waals surface area contributed by atoms with Crippen LogP contribution in [0.5, 0.6) is 0 Å². The molecule has 0 atom stereocenters. The standard InChI is InChI=1S/C30H22ClN7O13S4.H3N.3Na/c1-38(18-5-3-2-4-6-18)30-34-28(31)33-29(35-30)32-17-7-8-20-15(9-17)12-25(55(49,50)51)26(27(20)39)37-36-22-14-21-16(11-24(22)54(46,47)48)10-19(52(40,41)42)13-23(21)53(43,44)45;;;;/h2-14,36H,1H3,(H,40,41,42)(H,43,44,45)(H,46,47,48)(H,49,50,51)(H,32,33,34,35);1H3;;;/q;;3*+1/p-3. The van der Waals surface area contributed by atoms with Gasteiger partial charge in [0, 0.05) is 29.4 Å². The van der Waals surface area contributed by atoms with Crippen LogP contribution in [0.15, 0.2) is 97.5 Å². The van der Waals surface area contributed by atoms with Crippen LogP contribution in [0.2, 0.25) is 5.28 Å². The molecule has 0 aliphatic heterocycles. The van der Waals surface area contributed by atoms with Gasteiger partial charge in [0.1, 0.15) is 46.2 Å². The fraction of sp³-hybridized carbons (Fsp3) is 0.0333. The number of carbonyl (C=O) groups is 1. The number of nitrogens with zero attached hydrogens (tertiary/aromatic N) is 5. The van der Waals surface area contributed by atoms with E-state index in [-0.39, 0.29) is 135 Å². The van der Waals surface area contributed by atoms with Gasteiger partial charge in [-0.15, -0.1) is 0 Å². The monoisotopic (exact) mass is 934 g/mol. The molecule has 29 heteroatoms. The summed E-state index contributed by atoms with van der Waals surface area (Å²) < 4.78 is 145. The minimum Gasteiger partial charge on any atom is -0.744 e. The Bertz CT molecular complexity index is 3000. The number of aromatic nitrogens is 3. The summed E-state index contributed by atoms with van der Waals surface area (Å²) >= 11 is 6.13. The molecule has 21 nitrogen and oxygen atoms in total. The summed E-state index contributed by atoms with van der Waals surface area (Å²) in [6.07, 6.45) is 0.776. The third-order valence-electron chi connectivity index (χ3n) is 7.70. The van der Waals surface area contributed by atoms with Gasteiger partial charge in [0.05, 0.1) is 25.3 Å². The van der Waals surface area contributed by atoms with Crippen LogP contribution in [0.4, 0.5) is 29.0 Å². The Labute approximate surface area is 407 Å². The largest absolute Gasteiger partial charge is 1.00 e. The molecule has 0 fully saturated rings. The average molecular weight is 935 g/mol. The molecule has 1 aromatic heterocycles. The Balaban J connectivity index is 0.00000300. The van der Waals surface area contributed by atoms with E-state index in [1.165, 1.54) is 18.2 Å². The molecule has 4 aromatic carbocycles. The zero-order valence-corrected chi connectivity index (χ0v) is 41.1. The van der Waals surface area contributed by atoms with Crippen molar-refractivity contribution in [3.63, 3.8) is 0 Å². The number of para-hydroxylation sites is 1. The SMILES string of the molecule is CN(c1ccccc1)c1nc(Cl)nc(Nc2ccc3c(c2)C=C(S(=O)(=O)[O-])C(=NNc2cc4c(S(=O)(=O)[O-])cc(S(=O)(=O)[O-])cc4cc2S(=O)(=O)[O-])C3=O)n1.[NH4+].[Na+].[Na+].[Na+]. The summed E-state index contributed by atoms with van der Waals surface area (Å²) in [7, 11) is -20.4. The van der Waals surface area contributed by atoms with Crippen LogP contribution in [0.1, 0.15) is 15.9 Å². The van der Waals surface area contributed by atoms with E-state index >= 15 is 0 Å². The minimum atomic E-state index is -5.58. The number of fused-ring (bicyclic) bond motifs is 2. The van der Waals surface area contributed by atoms with Gasteiger partial charge in [0.15, 0.2) is 0 Å². The van der Waals surface area contributed by atoms with Gasteiger partial charge in [-0.05, 0) is 83.2 Å². The summed E-state index contributed by atoms with van der Waals surface area (Å²) in [5.74, 6) is -1.12. The molecule has 0 amide bonds. The van der Waals surface area contributed by atoms with Crippen LogP contribution in [-0.4, -0.2) is 85.4 Å². The number of nitrogens with one attached hydrogen (secondary N) is 2. The number of allylic oxidation sites excluding steroid dienone is 1. The number of carbonyl (C=O) groups excluding carboxylic acids is 1. The Morgan fingerprint density at radius 2 is 1.36 bits per heavy atom. The van der Waals surface area contributed by atoms with Crippen molar-refractivity contribution < 1.29 is 145 Å². The van der Waals surface area contributed by atoms with Crippen molar-refractivity contribution in [2.75, 3.05) is 22.7 Å². The number of rotatable bonds is 10. The predicted octanol–water partition coefficient (Wildman–Crippen LogP) is -6.16. The fourth-order valence-corrected chi connectivity index (χ4v) is 8.02. The van der Waals surface area contributed by atoms with E-state index in [1.54, 1.807) is 36.2 Å². The molecular formula is C30H22ClN8Na3O13S4. The molecule has 0 bridgehead atoms. The Kier molecular flexibility index (Phi) is 17.6. The Hall–Kier alpha value is -2.48. The van der Waals surface area contributed by atoms with Crippen molar-refractivity contribution in [3.8, 4) is 0 Å². The van der Waals surface area contributed by atoms with Gasteiger partial charge in [-0.2, -0.15) is 20.1 Å². The first kappa shape index (κ1) is 52.7. The summed E-state index contributed by atoms with van der Waals surface area (Å²) in [5, 5.41) is 4.86. The Morgan fingerprint density at radius 1 is 0.729 bits per heavy atom. The fourth-order valence-electron chi connectivity index (χ4n) is 5.25. The molecular weight excluding hydrogens is 913 g/mol. The van der Waals surface area contributed by atoms with Gasteiger partial charge >= 0.3 is 88.7 Å². The maximum Gasteiger partial charge on any atom is 1.00 e. The summed E-state index contributed by atoms with van der Waals surface area (Å²) in [5.41, 5.74) is 0.474. The predicted molar refractivity (Wildman–Crippen MR) is 196 cm³/mol. The van der Waals surface area contributed by atoms with Crippen molar-refractivity contribution in [1.29, 1.82) is 0 Å². The van der Waals surface area contributed by atoms with E-state index in [2.05, 4.69) is 25.4 Å². The third-order valence-corrected chi connectivity index (χ3v) is 11.3. The number of hydrogen-bond donors (Lipinski definition) is 3. The summed E-state index contributed by atoms with van der Waals surface area (Å²) in [4.78, 5) is 22.6. The minimum absolute atomic E-state index is 0. The van der Waals surface area contributed by atoms with E-state index in [4.69, 9.17) is 11.6 Å². The maximum absolute atomic E-state index is 13.6. The number of hydrazone groups is 1. The number of ketones is 1. The molecule has 59 heavy (non-hydrogen) atoms. The number of quaternary nitrogens is 1. The van der Waals surface area contributed by atoms with Gasteiger partial charge in [-0.25, -0.2) is 33.7 Å². The zero-order valence-electron chi connectivity index (χ0n) is 31.1. The molecule has 0 radical (unpaired) electrons. The number of benzene rings is 4. The van der Waals surface area contributed by atoms with E-state index in [1.807, 2.05) is 11.5 Å². The van der Waals surface area contributed by atoms with Gasteiger partial charge in [-0.3, -0.25) is 10.2 Å². The molecule has 5 aromatic rings. The molecule has 294 valence electrons. The summed E-state index contributed by atoms with van der Waals surface area (Å²) in [6, 6.07) is 14.5. The van der Waals surface area contributed by atoms with Crippen molar-refractivity contribution in [1.82, 2.24) is 21.1 Å². The van der Waals surface area contributed by atoms with E-state index in [0.717, 1.165) is 6.08 Å². The van der Waals surface area contributed by atoms with E-state index in [0.29, 0.717) is 23.9 Å². The number of Topliss-reactive ketones (excluding diaryl/α,β-unsaturated/α-hetero) is 1. The normalized spacial score (nSPS) is 13.4. The number of hydrogen-bond acceptors (Lipinski definition) is 20. The van der Waals surface area contributed by atoms with Crippen molar-refractivity contribution in [2.45, 2.75) is 14.7 Å². The van der Waals surface area contributed by atoms with Crippen LogP contribution < -0.4 is 110 Å². The van der Waals surface area contributed by atoms with Crippen LogP contribution in [0, 0.1) is 0 Å². The van der Waals surface area contributed by atoms with E-state index in [9.17, 15) is 56.7 Å². The zero-order chi connectivity index (χ0) is 40.2. The molecule has 0 unspecified atom stereocenters. The van der Waals surface area contributed by atoms with Crippen molar-refractivity contribution >= 4 is 109 Å². The molecule has 1 aliphatic carbocycles. The Morgan fingerprint density at radius 3 is 1.93 bits per heavy atom. The second kappa shape index (κ2) is 19.7. The molecule has 6 rings (SSSR count). The maximum atomic E-state index is 13.6. The topological polar surface area (TPSA) is 361 Å². The van der Waals surface area contributed by atoms with Gasteiger partial charge in [-0.1, -0.05) is 18.2 Å². The second-order valence-corrected chi connectivity index (χ2v) is 17.0. The van der Waals surface area contributed by atoms with Crippen LogP contribution in [-0.2, 0) is 40.5 Å². The third kappa shape index (κ3) is 11.9.